The van der Waals surface area contributed by atoms with E-state index >= 15 is 0 Å². The third kappa shape index (κ3) is 5.24. The molecule has 1 atom stereocenters. The molecule has 174 valence electrons. The predicted molar refractivity (Wildman–Crippen MR) is 127 cm³/mol. The molecular weight excluding hydrogens is 432 g/mol. The summed E-state index contributed by atoms with van der Waals surface area (Å²) in [7, 11) is 0. The van der Waals surface area contributed by atoms with Crippen molar-refractivity contribution in [3.63, 3.8) is 0 Å². The fourth-order valence-electron chi connectivity index (χ4n) is 3.85. The number of hydrogen-bond donors (Lipinski definition) is 3. The van der Waals surface area contributed by atoms with Gasteiger partial charge >= 0.3 is 0 Å². The van der Waals surface area contributed by atoms with Crippen molar-refractivity contribution in [1.29, 1.82) is 5.26 Å². The quantitative estimate of drug-likeness (QED) is 0.444. The Labute approximate surface area is 197 Å². The molecule has 0 aliphatic carbocycles. The van der Waals surface area contributed by atoms with Gasteiger partial charge in [-0.2, -0.15) is 10.4 Å². The largest absolute Gasteiger partial charge is 0.382 e. The lowest BCUT2D eigenvalue weighted by molar-refractivity contribution is -0.124. The summed E-state index contributed by atoms with van der Waals surface area (Å²) in [6.45, 7) is 0.990. The van der Waals surface area contributed by atoms with E-state index in [0.29, 0.717) is 60.7 Å². The summed E-state index contributed by atoms with van der Waals surface area (Å²) in [5, 5.41) is 19.7. The van der Waals surface area contributed by atoms with Crippen LogP contribution >= 0.6 is 0 Å². The molecule has 1 aliphatic rings. The Morgan fingerprint density at radius 3 is 2.76 bits per heavy atom. The van der Waals surface area contributed by atoms with Crippen molar-refractivity contribution in [2.45, 2.75) is 31.8 Å². The van der Waals surface area contributed by atoms with Gasteiger partial charge in [0.05, 0.1) is 11.4 Å². The number of ether oxygens (including phenoxy) is 1. The summed E-state index contributed by atoms with van der Waals surface area (Å²) in [6.07, 6.45) is 2.21. The second-order valence-electron chi connectivity index (χ2n) is 8.00. The maximum Gasteiger partial charge on any atom is 0.253 e. The molecular formula is C25H26N6O3. The highest BCUT2D eigenvalue weighted by Crippen LogP contribution is 2.21. The fourth-order valence-corrected chi connectivity index (χ4v) is 3.85. The molecule has 0 radical (unpaired) electrons. The van der Waals surface area contributed by atoms with Gasteiger partial charge in [-0.15, -0.1) is 0 Å². The van der Waals surface area contributed by atoms with E-state index in [4.69, 9.17) is 10.5 Å². The van der Waals surface area contributed by atoms with E-state index in [9.17, 15) is 14.9 Å². The van der Waals surface area contributed by atoms with Crippen LogP contribution in [-0.2, 0) is 16.0 Å². The van der Waals surface area contributed by atoms with Crippen molar-refractivity contribution < 1.29 is 14.3 Å². The number of aromatic nitrogens is 2. The van der Waals surface area contributed by atoms with Gasteiger partial charge in [-0.05, 0) is 56.0 Å². The molecule has 9 nitrogen and oxygen atoms in total. The second-order valence-corrected chi connectivity index (χ2v) is 8.00. The van der Waals surface area contributed by atoms with Crippen molar-refractivity contribution in [3.8, 4) is 11.8 Å². The Hall–Kier alpha value is -4.16. The number of nitrogens with two attached hydrogens (primary N) is 1. The van der Waals surface area contributed by atoms with Crippen LogP contribution in [0.4, 0.5) is 11.5 Å². The van der Waals surface area contributed by atoms with Crippen molar-refractivity contribution >= 4 is 23.3 Å². The zero-order valence-electron chi connectivity index (χ0n) is 18.7. The molecule has 34 heavy (non-hydrogen) atoms. The first-order chi connectivity index (χ1) is 16.6. The monoisotopic (exact) mass is 458 g/mol. The summed E-state index contributed by atoms with van der Waals surface area (Å²) >= 11 is 0. The van der Waals surface area contributed by atoms with Gasteiger partial charge < -0.3 is 21.1 Å². The van der Waals surface area contributed by atoms with Crippen LogP contribution in [0.1, 0.15) is 40.9 Å². The Kier molecular flexibility index (Phi) is 7.20. The highest BCUT2D eigenvalue weighted by molar-refractivity contribution is 5.98. The maximum atomic E-state index is 12.6. The van der Waals surface area contributed by atoms with E-state index in [-0.39, 0.29) is 11.8 Å². The van der Waals surface area contributed by atoms with Crippen LogP contribution in [-0.4, -0.2) is 40.9 Å². The lowest BCUT2D eigenvalue weighted by Crippen LogP contribution is -2.27. The molecule has 1 aromatic heterocycles. The first kappa shape index (κ1) is 23.0. The lowest BCUT2D eigenvalue weighted by atomic mass is 10.1. The summed E-state index contributed by atoms with van der Waals surface area (Å²) in [5.74, 6) is -0.143. The number of rotatable bonds is 8. The molecule has 4 rings (SSSR count). The summed E-state index contributed by atoms with van der Waals surface area (Å²) in [5.41, 5.74) is 8.85. The minimum atomic E-state index is -0.435. The van der Waals surface area contributed by atoms with E-state index in [1.807, 2.05) is 30.3 Å². The fraction of sp³-hybridized carbons (Fsp3) is 0.280. The Bertz CT molecular complexity index is 1210. The molecule has 3 aromatic rings. The van der Waals surface area contributed by atoms with Gasteiger partial charge in [-0.3, -0.25) is 9.59 Å². The number of nitriles is 1. The van der Waals surface area contributed by atoms with Gasteiger partial charge in [0, 0.05) is 24.4 Å². The highest BCUT2D eigenvalue weighted by Gasteiger charge is 2.23. The molecule has 0 spiro atoms. The number of nitrogens with zero attached hydrogens (tertiary/aromatic N) is 3. The number of benzene rings is 2. The molecule has 4 N–H and O–H groups in total. The van der Waals surface area contributed by atoms with Crippen LogP contribution in [0, 0.1) is 11.3 Å². The van der Waals surface area contributed by atoms with Gasteiger partial charge in [0.15, 0.2) is 0 Å². The third-order valence-electron chi connectivity index (χ3n) is 5.60. The molecule has 1 unspecified atom stereocenters. The van der Waals surface area contributed by atoms with Crippen LogP contribution in [0.15, 0.2) is 54.6 Å². The molecule has 1 saturated heterocycles. The Morgan fingerprint density at radius 2 is 2.03 bits per heavy atom. The van der Waals surface area contributed by atoms with E-state index in [2.05, 4.69) is 21.8 Å². The number of nitrogen functional groups attached to an aromatic ring is 1. The molecule has 1 fully saturated rings. The first-order valence-corrected chi connectivity index (χ1v) is 11.2. The van der Waals surface area contributed by atoms with E-state index in [0.717, 1.165) is 12.1 Å². The first-order valence-electron chi connectivity index (χ1n) is 11.2. The zero-order valence-corrected chi connectivity index (χ0v) is 18.7. The molecule has 1 aliphatic heterocycles. The number of para-hydroxylation sites is 1. The molecule has 0 bridgehead atoms. The summed E-state index contributed by atoms with van der Waals surface area (Å²) in [6, 6.07) is 18.3. The molecule has 2 amide bonds. The molecule has 0 saturated carbocycles. The van der Waals surface area contributed by atoms with E-state index < -0.39 is 6.10 Å². The molecule has 9 heteroatoms. The van der Waals surface area contributed by atoms with Gasteiger partial charge in [-0.1, -0.05) is 24.3 Å². The average molecular weight is 459 g/mol. The molecule has 2 aromatic carbocycles. The predicted octanol–water partition coefficient (Wildman–Crippen LogP) is 2.81. The normalized spacial score (nSPS) is 15.0. The summed E-state index contributed by atoms with van der Waals surface area (Å²) < 4.78 is 6.95. The maximum absolute atomic E-state index is 12.6. The second kappa shape index (κ2) is 10.6. The van der Waals surface area contributed by atoms with E-state index in [1.54, 1.807) is 28.9 Å². The van der Waals surface area contributed by atoms with Crippen molar-refractivity contribution in [1.82, 2.24) is 15.1 Å². The van der Waals surface area contributed by atoms with Crippen LogP contribution in [0.5, 0.6) is 0 Å². The smallest absolute Gasteiger partial charge is 0.253 e. The van der Waals surface area contributed by atoms with E-state index in [1.165, 1.54) is 0 Å². The van der Waals surface area contributed by atoms with Crippen molar-refractivity contribution in [3.05, 3.63) is 71.4 Å². The SMILES string of the molecule is N#Cc1c(CCCNC(=O)c2cccc(NC(=O)C3CCCO3)c2)nn(-c2ccccc2)c1N. The topological polar surface area (TPSA) is 135 Å². The third-order valence-corrected chi connectivity index (χ3v) is 5.60. The number of hydrogen-bond acceptors (Lipinski definition) is 6. The summed E-state index contributed by atoms with van der Waals surface area (Å²) in [4.78, 5) is 24.8. The number of aryl methyl sites for hydroxylation is 1. The van der Waals surface area contributed by atoms with Crippen molar-refractivity contribution in [2.24, 2.45) is 0 Å². The van der Waals surface area contributed by atoms with Gasteiger partial charge in [-0.25, -0.2) is 4.68 Å². The zero-order chi connectivity index (χ0) is 23.9. The van der Waals surface area contributed by atoms with Crippen LogP contribution in [0.2, 0.25) is 0 Å². The number of nitrogens with one attached hydrogen (secondary N) is 2. The van der Waals surface area contributed by atoms with Gasteiger partial charge in [0.25, 0.3) is 11.8 Å². The number of carbonyl (C=O) groups excluding carboxylic acids is 2. The number of anilines is 2. The highest BCUT2D eigenvalue weighted by atomic mass is 16.5. The Balaban J connectivity index is 1.32. The lowest BCUT2D eigenvalue weighted by Gasteiger charge is -2.11. The average Bonchev–Trinajstić information content (AvgIpc) is 3.51. The van der Waals surface area contributed by atoms with Crippen molar-refractivity contribution in [2.75, 3.05) is 24.2 Å². The van der Waals surface area contributed by atoms with Crippen LogP contribution in [0.3, 0.4) is 0 Å². The number of carbonyl (C=O) groups is 2. The number of amides is 2. The minimum absolute atomic E-state index is 0.197. The minimum Gasteiger partial charge on any atom is -0.382 e. The van der Waals surface area contributed by atoms with Gasteiger partial charge in [0.2, 0.25) is 0 Å². The van der Waals surface area contributed by atoms with Crippen LogP contribution < -0.4 is 16.4 Å². The standard InChI is InChI=1S/C25H26N6O3/c26-16-20-21(30-31(23(20)27)19-9-2-1-3-10-19)11-5-13-28-24(32)17-7-4-8-18(15-17)29-25(33)22-12-6-14-34-22/h1-4,7-10,15,22H,5-6,11-14,27H2,(H,28,32)(H,29,33). The van der Waals surface area contributed by atoms with Crippen LogP contribution in [0.25, 0.3) is 5.69 Å². The Morgan fingerprint density at radius 1 is 1.21 bits per heavy atom. The molecule has 2 heterocycles. The van der Waals surface area contributed by atoms with Gasteiger partial charge in [0.1, 0.15) is 23.6 Å².